The molecular weight excluding hydrogens is 218 g/mol. The molecule has 1 aromatic rings. The highest BCUT2D eigenvalue weighted by Gasteiger charge is 2.14. The van der Waals surface area contributed by atoms with Gasteiger partial charge in [-0.25, -0.2) is 4.98 Å². The highest BCUT2D eigenvalue weighted by Crippen LogP contribution is 2.25. The Hall–Kier alpha value is -0.950. The molecule has 0 aliphatic carbocycles. The lowest BCUT2D eigenvalue weighted by Gasteiger charge is -2.12. The van der Waals surface area contributed by atoms with Crippen molar-refractivity contribution in [2.45, 2.75) is 51.6 Å². The first-order valence-electron chi connectivity index (χ1n) is 5.55. The van der Waals surface area contributed by atoms with Gasteiger partial charge in [0.25, 0.3) is 0 Å². The first kappa shape index (κ1) is 13.1. The molecule has 0 aliphatic rings. The van der Waals surface area contributed by atoms with E-state index in [0.29, 0.717) is 5.92 Å². The molecule has 1 heterocycles. The number of hydrogen-bond acceptors (Lipinski definition) is 3. The van der Waals surface area contributed by atoms with Crippen LogP contribution < -0.4 is 0 Å². The summed E-state index contributed by atoms with van der Waals surface area (Å²) >= 11 is 1.54. The van der Waals surface area contributed by atoms with Gasteiger partial charge in [-0.15, -0.1) is 0 Å². The second-order valence-electron chi connectivity index (χ2n) is 4.46. The number of aryl methyl sites for hydroxylation is 1. The van der Waals surface area contributed by atoms with Crippen molar-refractivity contribution in [3.8, 4) is 6.07 Å². The van der Waals surface area contributed by atoms with Gasteiger partial charge in [0.05, 0.1) is 17.0 Å². The summed E-state index contributed by atoms with van der Waals surface area (Å²) in [6.07, 6.45) is 0. The van der Waals surface area contributed by atoms with Crippen molar-refractivity contribution in [2.75, 3.05) is 0 Å². The lowest BCUT2D eigenvalue weighted by atomic mass is 10.2. The topological polar surface area (TPSA) is 41.6 Å². The Kier molecular flexibility index (Phi) is 4.43. The number of nitriles is 1. The predicted molar refractivity (Wildman–Crippen MR) is 67.5 cm³/mol. The number of hydrogen-bond donors (Lipinski definition) is 0. The third kappa shape index (κ3) is 3.02. The molecule has 0 aromatic carbocycles. The fraction of sp³-hybridized carbons (Fsp3) is 0.667. The van der Waals surface area contributed by atoms with Gasteiger partial charge in [-0.2, -0.15) is 5.26 Å². The second-order valence-corrected chi connectivity index (χ2v) is 5.77. The molecule has 4 heteroatoms. The quantitative estimate of drug-likeness (QED) is 0.755. The van der Waals surface area contributed by atoms with Crippen molar-refractivity contribution < 1.29 is 0 Å². The highest BCUT2D eigenvalue weighted by atomic mass is 32.2. The van der Waals surface area contributed by atoms with Gasteiger partial charge < -0.3 is 4.57 Å². The van der Waals surface area contributed by atoms with E-state index in [1.165, 1.54) is 17.5 Å². The zero-order chi connectivity index (χ0) is 12.3. The first-order chi connectivity index (χ1) is 7.45. The molecular formula is C12H19N3S. The Bertz CT molecular complexity index is 401. The van der Waals surface area contributed by atoms with Crippen LogP contribution in [0, 0.1) is 31.1 Å². The van der Waals surface area contributed by atoms with E-state index in [1.54, 1.807) is 0 Å². The largest absolute Gasteiger partial charge is 0.323 e. The van der Waals surface area contributed by atoms with E-state index in [4.69, 9.17) is 5.26 Å². The molecule has 1 unspecified atom stereocenters. The summed E-state index contributed by atoms with van der Waals surface area (Å²) in [4.78, 5) is 4.53. The molecule has 1 atom stereocenters. The molecule has 1 rings (SSSR count). The minimum atomic E-state index is -0.0490. The molecule has 0 spiro atoms. The fourth-order valence-electron chi connectivity index (χ4n) is 1.48. The van der Waals surface area contributed by atoms with Crippen LogP contribution >= 0.6 is 11.8 Å². The minimum Gasteiger partial charge on any atom is -0.323 e. The lowest BCUT2D eigenvalue weighted by molar-refractivity contribution is 0.486. The highest BCUT2D eigenvalue weighted by molar-refractivity contribution is 8.00. The van der Waals surface area contributed by atoms with Gasteiger partial charge in [-0.1, -0.05) is 25.6 Å². The SMILES string of the molecule is Cc1nc(SC(C)C#N)n(CC(C)C)c1C. The van der Waals surface area contributed by atoms with Crippen LogP contribution in [0.2, 0.25) is 0 Å². The smallest absolute Gasteiger partial charge is 0.169 e. The summed E-state index contributed by atoms with van der Waals surface area (Å²) in [5, 5.41) is 9.76. The molecule has 0 amide bonds. The van der Waals surface area contributed by atoms with E-state index in [0.717, 1.165) is 17.4 Å². The van der Waals surface area contributed by atoms with Crippen LogP contribution in [0.15, 0.2) is 5.16 Å². The lowest BCUT2D eigenvalue weighted by Crippen LogP contribution is -2.08. The van der Waals surface area contributed by atoms with Crippen LogP contribution in [0.25, 0.3) is 0 Å². The standard InChI is InChI=1S/C12H19N3S/c1-8(2)7-15-11(5)10(4)14-12(15)16-9(3)6-13/h8-9H,7H2,1-5H3. The Morgan fingerprint density at radius 3 is 2.50 bits per heavy atom. The van der Waals surface area contributed by atoms with E-state index in [2.05, 4.69) is 36.4 Å². The summed E-state index contributed by atoms with van der Waals surface area (Å²) in [5.41, 5.74) is 2.27. The molecule has 88 valence electrons. The van der Waals surface area contributed by atoms with E-state index in [9.17, 15) is 0 Å². The van der Waals surface area contributed by atoms with Crippen molar-refractivity contribution in [3.63, 3.8) is 0 Å². The van der Waals surface area contributed by atoms with Gasteiger partial charge >= 0.3 is 0 Å². The molecule has 3 nitrogen and oxygen atoms in total. The zero-order valence-corrected chi connectivity index (χ0v) is 11.4. The summed E-state index contributed by atoms with van der Waals surface area (Å²) in [6.45, 7) is 11.4. The average molecular weight is 237 g/mol. The molecule has 0 radical (unpaired) electrons. The normalized spacial score (nSPS) is 12.8. The number of rotatable bonds is 4. The second kappa shape index (κ2) is 5.40. The zero-order valence-electron chi connectivity index (χ0n) is 10.6. The predicted octanol–water partition coefficient (Wildman–Crippen LogP) is 3.16. The van der Waals surface area contributed by atoms with E-state index < -0.39 is 0 Å². The summed E-state index contributed by atoms with van der Waals surface area (Å²) < 4.78 is 2.22. The van der Waals surface area contributed by atoms with E-state index in [-0.39, 0.29) is 5.25 Å². The maximum absolute atomic E-state index is 8.84. The van der Waals surface area contributed by atoms with Crippen molar-refractivity contribution in [2.24, 2.45) is 5.92 Å². The molecule has 0 saturated carbocycles. The molecule has 0 bridgehead atoms. The van der Waals surface area contributed by atoms with Gasteiger partial charge in [0.15, 0.2) is 5.16 Å². The maximum Gasteiger partial charge on any atom is 0.169 e. The van der Waals surface area contributed by atoms with Crippen LogP contribution in [0.5, 0.6) is 0 Å². The van der Waals surface area contributed by atoms with Crippen LogP contribution in [-0.4, -0.2) is 14.8 Å². The third-order valence-electron chi connectivity index (χ3n) is 2.43. The van der Waals surface area contributed by atoms with Gasteiger partial charge in [-0.05, 0) is 26.7 Å². The van der Waals surface area contributed by atoms with Gasteiger partial charge in [0.1, 0.15) is 0 Å². The Morgan fingerprint density at radius 2 is 2.00 bits per heavy atom. The summed E-state index contributed by atoms with van der Waals surface area (Å²) in [6, 6.07) is 2.23. The Morgan fingerprint density at radius 1 is 1.38 bits per heavy atom. The number of imidazole rings is 1. The number of nitrogens with zero attached hydrogens (tertiary/aromatic N) is 3. The molecule has 0 saturated heterocycles. The molecule has 0 fully saturated rings. The van der Waals surface area contributed by atoms with Crippen molar-refractivity contribution in [1.82, 2.24) is 9.55 Å². The maximum atomic E-state index is 8.84. The van der Waals surface area contributed by atoms with Crippen molar-refractivity contribution in [1.29, 1.82) is 5.26 Å². The molecule has 0 aliphatic heterocycles. The molecule has 0 N–H and O–H groups in total. The third-order valence-corrected chi connectivity index (χ3v) is 3.42. The van der Waals surface area contributed by atoms with Gasteiger partial charge in [0, 0.05) is 12.2 Å². The van der Waals surface area contributed by atoms with Crippen LogP contribution in [0.1, 0.15) is 32.2 Å². The van der Waals surface area contributed by atoms with Crippen molar-refractivity contribution >= 4 is 11.8 Å². The minimum absolute atomic E-state index is 0.0490. The fourth-order valence-corrected chi connectivity index (χ4v) is 2.38. The van der Waals surface area contributed by atoms with Gasteiger partial charge in [-0.3, -0.25) is 0 Å². The summed E-state index contributed by atoms with van der Waals surface area (Å²) in [7, 11) is 0. The van der Waals surface area contributed by atoms with E-state index >= 15 is 0 Å². The average Bonchev–Trinajstić information content (AvgIpc) is 2.45. The Labute approximate surface area is 102 Å². The van der Waals surface area contributed by atoms with E-state index in [1.807, 2.05) is 13.8 Å². The van der Waals surface area contributed by atoms with Crippen molar-refractivity contribution in [3.05, 3.63) is 11.4 Å². The number of aromatic nitrogens is 2. The van der Waals surface area contributed by atoms with Crippen LogP contribution in [0.3, 0.4) is 0 Å². The van der Waals surface area contributed by atoms with Crippen LogP contribution in [0.4, 0.5) is 0 Å². The monoisotopic (exact) mass is 237 g/mol. The van der Waals surface area contributed by atoms with Gasteiger partial charge in [0.2, 0.25) is 0 Å². The summed E-state index contributed by atoms with van der Waals surface area (Å²) in [5.74, 6) is 0.587. The first-order valence-corrected chi connectivity index (χ1v) is 6.43. The molecule has 1 aromatic heterocycles. The van der Waals surface area contributed by atoms with Crippen LogP contribution in [-0.2, 0) is 6.54 Å². The number of thioether (sulfide) groups is 1. The Balaban J connectivity index is 2.99. The molecule has 16 heavy (non-hydrogen) atoms.